The van der Waals surface area contributed by atoms with Gasteiger partial charge in [-0.2, -0.15) is 0 Å². The van der Waals surface area contributed by atoms with Gasteiger partial charge in [-0.25, -0.2) is 4.79 Å². The summed E-state index contributed by atoms with van der Waals surface area (Å²) in [7, 11) is 0. The number of nitrogens with one attached hydrogen (secondary N) is 1. The first-order chi connectivity index (χ1) is 13.3. The van der Waals surface area contributed by atoms with Crippen LogP contribution in [0.1, 0.15) is 32.9 Å². The van der Waals surface area contributed by atoms with Crippen LogP contribution >= 0.6 is 0 Å². The number of hydrogen-bond acceptors (Lipinski definition) is 5. The van der Waals surface area contributed by atoms with Crippen molar-refractivity contribution in [3.8, 4) is 0 Å². The number of carbonyl (C=O) groups excluding carboxylic acids is 1. The first-order valence-corrected chi connectivity index (χ1v) is 9.97. The number of piperazine rings is 1. The van der Waals surface area contributed by atoms with Gasteiger partial charge in [-0.1, -0.05) is 6.07 Å². The number of guanidine groups is 1. The summed E-state index contributed by atoms with van der Waals surface area (Å²) in [6.45, 7) is 11.2. The summed E-state index contributed by atoms with van der Waals surface area (Å²) >= 11 is 0. The van der Waals surface area contributed by atoms with Gasteiger partial charge in [0.25, 0.3) is 0 Å². The van der Waals surface area contributed by atoms with Gasteiger partial charge in [0, 0.05) is 64.1 Å². The Labute approximate surface area is 168 Å². The molecular weight excluding hydrogens is 356 g/mol. The van der Waals surface area contributed by atoms with E-state index in [4.69, 9.17) is 10.5 Å². The molecule has 0 spiro atoms. The molecule has 1 amide bonds. The van der Waals surface area contributed by atoms with Crippen molar-refractivity contribution in [2.45, 2.75) is 39.2 Å². The van der Waals surface area contributed by atoms with Gasteiger partial charge in [0.2, 0.25) is 0 Å². The maximum Gasteiger partial charge on any atom is 0.410 e. The molecule has 2 rings (SSSR count). The Morgan fingerprint density at radius 1 is 1.29 bits per heavy atom. The first kappa shape index (κ1) is 21.9. The number of rotatable bonds is 7. The van der Waals surface area contributed by atoms with Crippen LogP contribution in [0, 0.1) is 0 Å². The summed E-state index contributed by atoms with van der Waals surface area (Å²) in [6, 6.07) is 5.88. The second-order valence-corrected chi connectivity index (χ2v) is 7.93. The highest BCUT2D eigenvalue weighted by molar-refractivity contribution is 5.77. The minimum Gasteiger partial charge on any atom is -0.444 e. The molecule has 28 heavy (non-hydrogen) atoms. The van der Waals surface area contributed by atoms with Crippen molar-refractivity contribution in [3.05, 3.63) is 30.1 Å². The molecule has 0 bridgehead atoms. The number of nitrogens with zero attached hydrogens (tertiary/aromatic N) is 4. The third-order valence-electron chi connectivity index (χ3n) is 4.35. The highest BCUT2D eigenvalue weighted by Gasteiger charge is 2.25. The largest absolute Gasteiger partial charge is 0.444 e. The van der Waals surface area contributed by atoms with E-state index in [0.717, 1.165) is 44.7 Å². The number of aromatic nitrogens is 1. The summed E-state index contributed by atoms with van der Waals surface area (Å²) in [6.07, 6.45) is 3.33. The van der Waals surface area contributed by atoms with Crippen LogP contribution in [0.4, 0.5) is 4.79 Å². The van der Waals surface area contributed by atoms with Gasteiger partial charge >= 0.3 is 6.09 Å². The Bertz CT molecular complexity index is 621. The first-order valence-electron chi connectivity index (χ1n) is 9.97. The van der Waals surface area contributed by atoms with Gasteiger partial charge < -0.3 is 20.7 Å². The summed E-state index contributed by atoms with van der Waals surface area (Å²) < 4.78 is 5.42. The standard InChI is InChI=1S/C20H34N6O2/c1-20(2,3)28-19(27)26-15-13-25(14-16-26)12-6-10-23-18(21)24-11-8-17-7-4-5-9-22-17/h4-5,7,9H,6,8,10-16H2,1-3H3,(H3,21,23,24). The molecule has 1 aliphatic heterocycles. The highest BCUT2D eigenvalue weighted by atomic mass is 16.6. The molecule has 0 saturated carbocycles. The van der Waals surface area contributed by atoms with Crippen LogP contribution in [0.25, 0.3) is 0 Å². The summed E-state index contributed by atoms with van der Waals surface area (Å²) in [5.41, 5.74) is 6.49. The quantitative estimate of drug-likeness (QED) is 0.416. The number of ether oxygens (including phenoxy) is 1. The lowest BCUT2D eigenvalue weighted by molar-refractivity contribution is 0.0145. The van der Waals surface area contributed by atoms with Crippen molar-refractivity contribution in [3.63, 3.8) is 0 Å². The fourth-order valence-electron chi connectivity index (χ4n) is 2.89. The van der Waals surface area contributed by atoms with Gasteiger partial charge in [-0.15, -0.1) is 0 Å². The Hall–Kier alpha value is -2.35. The lowest BCUT2D eigenvalue weighted by Gasteiger charge is -2.35. The van der Waals surface area contributed by atoms with E-state index in [9.17, 15) is 4.79 Å². The molecule has 0 aliphatic carbocycles. The zero-order chi connectivity index (χ0) is 20.4. The Morgan fingerprint density at radius 2 is 2.04 bits per heavy atom. The van der Waals surface area contributed by atoms with Crippen molar-refractivity contribution in [2.75, 3.05) is 45.8 Å². The van der Waals surface area contributed by atoms with Crippen molar-refractivity contribution in [1.29, 1.82) is 0 Å². The van der Waals surface area contributed by atoms with Crippen LogP contribution in [-0.4, -0.2) is 78.3 Å². The maximum absolute atomic E-state index is 12.1. The SMILES string of the molecule is CC(C)(C)OC(=O)N1CCN(CCCN=C(N)NCCc2ccccn2)CC1. The van der Waals surface area contributed by atoms with E-state index in [0.29, 0.717) is 25.6 Å². The van der Waals surface area contributed by atoms with Crippen LogP contribution in [0.5, 0.6) is 0 Å². The number of aliphatic imine (C=N–C) groups is 1. The van der Waals surface area contributed by atoms with E-state index < -0.39 is 5.60 Å². The maximum atomic E-state index is 12.1. The van der Waals surface area contributed by atoms with Crippen molar-refractivity contribution >= 4 is 12.1 Å². The fraction of sp³-hybridized carbons (Fsp3) is 0.650. The monoisotopic (exact) mass is 390 g/mol. The second kappa shape index (κ2) is 10.8. The van der Waals surface area contributed by atoms with Crippen molar-refractivity contribution in [1.82, 2.24) is 20.1 Å². The highest BCUT2D eigenvalue weighted by Crippen LogP contribution is 2.12. The van der Waals surface area contributed by atoms with Gasteiger partial charge in [0.15, 0.2) is 5.96 Å². The second-order valence-electron chi connectivity index (χ2n) is 7.93. The number of carbonyl (C=O) groups is 1. The van der Waals surface area contributed by atoms with Gasteiger partial charge in [0.05, 0.1) is 0 Å². The Morgan fingerprint density at radius 3 is 2.68 bits per heavy atom. The van der Waals surface area contributed by atoms with E-state index in [-0.39, 0.29) is 6.09 Å². The van der Waals surface area contributed by atoms with E-state index in [1.807, 2.05) is 39.0 Å². The van der Waals surface area contributed by atoms with Crippen LogP contribution < -0.4 is 11.1 Å². The molecule has 0 aromatic carbocycles. The van der Waals surface area contributed by atoms with Crippen molar-refractivity contribution < 1.29 is 9.53 Å². The van der Waals surface area contributed by atoms with Gasteiger partial charge in [-0.05, 0) is 39.3 Å². The molecule has 156 valence electrons. The lowest BCUT2D eigenvalue weighted by atomic mass is 10.2. The molecule has 3 N–H and O–H groups in total. The Balaban J connectivity index is 1.56. The van der Waals surface area contributed by atoms with Crippen LogP contribution in [0.3, 0.4) is 0 Å². The molecule has 1 saturated heterocycles. The zero-order valence-corrected chi connectivity index (χ0v) is 17.4. The minimum absolute atomic E-state index is 0.221. The normalized spacial score (nSPS) is 16.1. The van der Waals surface area contributed by atoms with Crippen LogP contribution in [0.2, 0.25) is 0 Å². The molecule has 0 radical (unpaired) electrons. The molecule has 1 fully saturated rings. The molecule has 8 nitrogen and oxygen atoms in total. The summed E-state index contributed by atoms with van der Waals surface area (Å²) in [4.78, 5) is 24.9. The number of pyridine rings is 1. The Kier molecular flexibility index (Phi) is 8.50. The zero-order valence-electron chi connectivity index (χ0n) is 17.4. The van der Waals surface area contributed by atoms with Crippen molar-refractivity contribution in [2.24, 2.45) is 10.7 Å². The number of nitrogens with two attached hydrogens (primary N) is 1. The third kappa shape index (κ3) is 8.56. The van der Waals surface area contributed by atoms with Gasteiger partial charge in [-0.3, -0.25) is 14.9 Å². The molecule has 0 unspecified atom stereocenters. The fourth-order valence-corrected chi connectivity index (χ4v) is 2.89. The van der Waals surface area contributed by atoms with E-state index >= 15 is 0 Å². The average molecular weight is 391 g/mol. The van der Waals surface area contributed by atoms with Crippen LogP contribution in [0.15, 0.2) is 29.4 Å². The summed E-state index contributed by atoms with van der Waals surface area (Å²) in [5.74, 6) is 0.477. The summed E-state index contributed by atoms with van der Waals surface area (Å²) in [5, 5.41) is 3.12. The molecule has 0 atom stereocenters. The van der Waals surface area contributed by atoms with E-state index in [1.54, 1.807) is 11.1 Å². The topological polar surface area (TPSA) is 96.1 Å². The predicted octanol–water partition coefficient (Wildman–Crippen LogP) is 1.47. The lowest BCUT2D eigenvalue weighted by Crippen LogP contribution is -2.50. The smallest absolute Gasteiger partial charge is 0.410 e. The molecular formula is C20H34N6O2. The molecule has 8 heteroatoms. The molecule has 1 aromatic heterocycles. The van der Waals surface area contributed by atoms with Gasteiger partial charge in [0.1, 0.15) is 5.60 Å². The van der Waals surface area contributed by atoms with E-state index in [1.165, 1.54) is 0 Å². The molecule has 2 heterocycles. The van der Waals surface area contributed by atoms with E-state index in [2.05, 4.69) is 20.2 Å². The number of amides is 1. The van der Waals surface area contributed by atoms with Crippen LogP contribution in [-0.2, 0) is 11.2 Å². The number of hydrogen-bond donors (Lipinski definition) is 2. The minimum atomic E-state index is -0.447. The molecule has 1 aromatic rings. The molecule has 1 aliphatic rings. The average Bonchev–Trinajstić information content (AvgIpc) is 2.65. The third-order valence-corrected chi connectivity index (χ3v) is 4.35. The predicted molar refractivity (Wildman–Crippen MR) is 111 cm³/mol.